The lowest BCUT2D eigenvalue weighted by Gasteiger charge is -2.06. The number of ether oxygens (including phenoxy) is 1. The van der Waals surface area contributed by atoms with Gasteiger partial charge in [0.05, 0.1) is 24.1 Å². The van der Waals surface area contributed by atoms with Crippen LogP contribution < -0.4 is 15.5 Å². The van der Waals surface area contributed by atoms with Gasteiger partial charge in [-0.25, -0.2) is 5.43 Å². The summed E-state index contributed by atoms with van der Waals surface area (Å²) >= 11 is 0. The third-order valence-corrected chi connectivity index (χ3v) is 3.30. The van der Waals surface area contributed by atoms with Gasteiger partial charge in [0.1, 0.15) is 5.75 Å². The second-order valence-electron chi connectivity index (χ2n) is 5.07. The summed E-state index contributed by atoms with van der Waals surface area (Å²) in [5, 5.41) is 17.6. The fourth-order valence-corrected chi connectivity index (χ4v) is 2.02. The van der Waals surface area contributed by atoms with E-state index in [0.717, 1.165) is 11.4 Å². The number of methoxy groups -OCH3 is 1. The number of nitro groups is 1. The van der Waals surface area contributed by atoms with Crippen molar-refractivity contribution in [3.8, 4) is 5.75 Å². The molecule has 0 atom stereocenters. The smallest absolute Gasteiger partial charge is 0.276 e. The van der Waals surface area contributed by atoms with Gasteiger partial charge in [-0.15, -0.1) is 0 Å². The number of anilines is 1. The van der Waals surface area contributed by atoms with Crippen LogP contribution in [0.25, 0.3) is 6.08 Å². The molecule has 26 heavy (non-hydrogen) atoms. The zero-order chi connectivity index (χ0) is 18.8. The van der Waals surface area contributed by atoms with Gasteiger partial charge in [-0.05, 0) is 42.5 Å². The van der Waals surface area contributed by atoms with Gasteiger partial charge in [0, 0.05) is 18.0 Å². The first-order valence-electron chi connectivity index (χ1n) is 7.70. The monoisotopic (exact) mass is 354 g/mol. The van der Waals surface area contributed by atoms with Crippen molar-refractivity contribution >= 4 is 29.6 Å². The van der Waals surface area contributed by atoms with E-state index in [4.69, 9.17) is 4.74 Å². The number of hydrogen-bond acceptors (Lipinski definition) is 6. The molecule has 134 valence electrons. The number of amides is 1. The van der Waals surface area contributed by atoms with Crippen LogP contribution in [0.4, 0.5) is 11.4 Å². The lowest BCUT2D eigenvalue weighted by Crippen LogP contribution is -2.25. The Bertz CT molecular complexity index is 816. The van der Waals surface area contributed by atoms with Crippen LogP contribution in [0, 0.1) is 10.1 Å². The summed E-state index contributed by atoms with van der Waals surface area (Å²) in [6.45, 7) is 0.0531. The maximum Gasteiger partial charge on any atom is 0.276 e. The largest absolute Gasteiger partial charge is 0.497 e. The molecule has 8 nitrogen and oxygen atoms in total. The lowest BCUT2D eigenvalue weighted by molar-refractivity contribution is -0.385. The summed E-state index contributed by atoms with van der Waals surface area (Å²) in [6.07, 6.45) is 4.41. The molecule has 0 aromatic heterocycles. The second kappa shape index (κ2) is 9.58. The maximum absolute atomic E-state index is 11.7. The molecule has 2 aromatic carbocycles. The lowest BCUT2D eigenvalue weighted by atomic mass is 10.2. The minimum absolute atomic E-state index is 0.00452. The number of para-hydroxylation sites is 1. The highest BCUT2D eigenvalue weighted by Crippen LogP contribution is 2.18. The fourth-order valence-electron chi connectivity index (χ4n) is 2.02. The Balaban J connectivity index is 1.79. The van der Waals surface area contributed by atoms with Gasteiger partial charge in [0.25, 0.3) is 11.6 Å². The number of rotatable bonds is 8. The van der Waals surface area contributed by atoms with Crippen LogP contribution in [-0.4, -0.2) is 30.7 Å². The Labute approximate surface area is 150 Å². The zero-order valence-electron chi connectivity index (χ0n) is 14.1. The van der Waals surface area contributed by atoms with E-state index in [-0.39, 0.29) is 18.1 Å². The standard InChI is InChI=1S/C18H18N4O4/c1-26-16-10-8-15(9-11-16)19-13-18(23)21-20-12-4-6-14-5-2-3-7-17(14)22(24)25/h2-12,19H,13H2,1H3,(H,21,23)/b6-4+,20-12?. The summed E-state index contributed by atoms with van der Waals surface area (Å²) < 4.78 is 5.05. The van der Waals surface area contributed by atoms with E-state index < -0.39 is 4.92 Å². The van der Waals surface area contributed by atoms with Crippen LogP contribution in [0.5, 0.6) is 5.75 Å². The van der Waals surface area contributed by atoms with Crippen LogP contribution in [0.2, 0.25) is 0 Å². The average molecular weight is 354 g/mol. The van der Waals surface area contributed by atoms with Gasteiger partial charge in [-0.2, -0.15) is 5.10 Å². The van der Waals surface area contributed by atoms with Crippen LogP contribution in [0.1, 0.15) is 5.56 Å². The molecule has 0 aliphatic rings. The van der Waals surface area contributed by atoms with Crippen LogP contribution in [-0.2, 0) is 4.79 Å². The van der Waals surface area contributed by atoms with Gasteiger partial charge in [-0.3, -0.25) is 14.9 Å². The van der Waals surface area contributed by atoms with Crippen LogP contribution in [0.15, 0.2) is 59.7 Å². The van der Waals surface area contributed by atoms with E-state index in [9.17, 15) is 14.9 Å². The minimum atomic E-state index is -0.455. The molecule has 8 heteroatoms. The van der Waals surface area contributed by atoms with Gasteiger partial charge in [0.2, 0.25) is 0 Å². The molecule has 0 bridgehead atoms. The molecule has 0 unspecified atom stereocenters. The van der Waals surface area contributed by atoms with Gasteiger partial charge < -0.3 is 10.1 Å². The minimum Gasteiger partial charge on any atom is -0.497 e. The Kier molecular flexibility index (Phi) is 6.87. The van der Waals surface area contributed by atoms with E-state index >= 15 is 0 Å². The number of hydrogen-bond donors (Lipinski definition) is 2. The quantitative estimate of drug-likeness (QED) is 0.431. The fraction of sp³-hybridized carbons (Fsp3) is 0.111. The second-order valence-corrected chi connectivity index (χ2v) is 5.07. The normalized spacial score (nSPS) is 10.8. The number of nitrogens with one attached hydrogen (secondary N) is 2. The molecule has 0 radical (unpaired) electrons. The zero-order valence-corrected chi connectivity index (χ0v) is 14.1. The van der Waals surface area contributed by atoms with Gasteiger partial charge >= 0.3 is 0 Å². The van der Waals surface area contributed by atoms with E-state index in [1.807, 2.05) is 0 Å². The number of nitro benzene ring substituents is 1. The average Bonchev–Trinajstić information content (AvgIpc) is 2.66. The number of allylic oxidation sites excluding steroid dienone is 1. The molecule has 0 saturated carbocycles. The van der Waals surface area contributed by atoms with Gasteiger partial charge in [0.15, 0.2) is 0 Å². The van der Waals surface area contributed by atoms with Crippen molar-refractivity contribution in [1.29, 1.82) is 0 Å². The van der Waals surface area contributed by atoms with Crippen molar-refractivity contribution < 1.29 is 14.5 Å². The predicted molar refractivity (Wildman–Crippen MR) is 100 cm³/mol. The third-order valence-electron chi connectivity index (χ3n) is 3.30. The number of carbonyl (C=O) groups is 1. The molecule has 0 spiro atoms. The molecule has 2 aromatic rings. The summed E-state index contributed by atoms with van der Waals surface area (Å²) in [7, 11) is 1.58. The first-order chi connectivity index (χ1) is 12.6. The molecule has 0 aliphatic carbocycles. The van der Waals surface area contributed by atoms with Crippen LogP contribution >= 0.6 is 0 Å². The van der Waals surface area contributed by atoms with Crippen molar-refractivity contribution in [2.75, 3.05) is 19.0 Å². The predicted octanol–water partition coefficient (Wildman–Crippen LogP) is 2.83. The summed E-state index contributed by atoms with van der Waals surface area (Å²) in [6, 6.07) is 13.5. The molecule has 0 saturated heterocycles. The molecule has 1 amide bonds. The molecule has 2 rings (SSSR count). The molecule has 0 aliphatic heterocycles. The van der Waals surface area contributed by atoms with E-state index in [1.54, 1.807) is 55.7 Å². The van der Waals surface area contributed by atoms with Crippen molar-refractivity contribution in [3.63, 3.8) is 0 Å². The highest BCUT2D eigenvalue weighted by molar-refractivity contribution is 5.84. The van der Waals surface area contributed by atoms with E-state index in [0.29, 0.717) is 5.56 Å². The number of carbonyl (C=O) groups excluding carboxylic acids is 1. The Hall–Kier alpha value is -3.68. The summed E-state index contributed by atoms with van der Waals surface area (Å²) in [4.78, 5) is 22.1. The Morgan fingerprint density at radius 2 is 1.96 bits per heavy atom. The highest BCUT2D eigenvalue weighted by Gasteiger charge is 2.08. The topological polar surface area (TPSA) is 106 Å². The van der Waals surface area contributed by atoms with Crippen molar-refractivity contribution in [2.24, 2.45) is 5.10 Å². The third kappa shape index (κ3) is 5.75. The Morgan fingerprint density at radius 1 is 1.23 bits per heavy atom. The number of nitrogens with zero attached hydrogens (tertiary/aromatic N) is 2. The highest BCUT2D eigenvalue weighted by atomic mass is 16.6. The molecule has 2 N–H and O–H groups in total. The van der Waals surface area contributed by atoms with Gasteiger partial charge in [-0.1, -0.05) is 12.1 Å². The summed E-state index contributed by atoms with van der Waals surface area (Å²) in [5.74, 6) is 0.409. The van der Waals surface area contributed by atoms with E-state index in [1.165, 1.54) is 18.4 Å². The van der Waals surface area contributed by atoms with Crippen LogP contribution in [0.3, 0.4) is 0 Å². The molecular formula is C18H18N4O4. The molecule has 0 heterocycles. The van der Waals surface area contributed by atoms with Crippen molar-refractivity contribution in [1.82, 2.24) is 5.43 Å². The van der Waals surface area contributed by atoms with Crippen molar-refractivity contribution in [3.05, 3.63) is 70.3 Å². The molecular weight excluding hydrogens is 336 g/mol. The first kappa shape index (κ1) is 18.7. The Morgan fingerprint density at radius 3 is 2.65 bits per heavy atom. The number of benzene rings is 2. The molecule has 0 fully saturated rings. The SMILES string of the molecule is COc1ccc(NCC(=O)NN=C/C=C/c2ccccc2[N+](=O)[O-])cc1. The summed E-state index contributed by atoms with van der Waals surface area (Å²) in [5.41, 5.74) is 3.60. The number of hydrazone groups is 1. The van der Waals surface area contributed by atoms with Crippen molar-refractivity contribution in [2.45, 2.75) is 0 Å². The first-order valence-corrected chi connectivity index (χ1v) is 7.70. The van der Waals surface area contributed by atoms with E-state index in [2.05, 4.69) is 15.8 Å². The maximum atomic E-state index is 11.7.